The number of carbonyl (C=O) groups is 3. The molecule has 24 heavy (non-hydrogen) atoms. The minimum Gasteiger partial charge on any atom is -0.354 e. The summed E-state index contributed by atoms with van der Waals surface area (Å²) in [6, 6.07) is 0.862. The molecule has 8 heteroatoms. The minimum absolute atomic E-state index is 0.0299. The van der Waals surface area contributed by atoms with Gasteiger partial charge in [0.15, 0.2) is 0 Å². The molecule has 1 rings (SSSR count). The lowest BCUT2D eigenvalue weighted by Gasteiger charge is -2.38. The molecule has 0 aromatic heterocycles. The van der Waals surface area contributed by atoms with Gasteiger partial charge in [0.05, 0.1) is 11.0 Å². The average molecular weight is 452 g/mol. The SMILES string of the molecule is CC1CCCC(C)N1CC(=O)NCCC(=O)NCCNC(=O)CI. The van der Waals surface area contributed by atoms with Crippen molar-refractivity contribution >= 4 is 40.3 Å². The first-order valence-electron chi connectivity index (χ1n) is 8.55. The largest absolute Gasteiger partial charge is 0.354 e. The van der Waals surface area contributed by atoms with Gasteiger partial charge in [-0.3, -0.25) is 19.3 Å². The molecule has 0 aromatic rings. The van der Waals surface area contributed by atoms with Crippen LogP contribution in [-0.2, 0) is 14.4 Å². The van der Waals surface area contributed by atoms with Crippen molar-refractivity contribution < 1.29 is 14.4 Å². The van der Waals surface area contributed by atoms with Crippen LogP contribution in [0.2, 0.25) is 0 Å². The van der Waals surface area contributed by atoms with E-state index in [1.54, 1.807) is 0 Å². The first kappa shape index (κ1) is 21.1. The molecule has 2 atom stereocenters. The van der Waals surface area contributed by atoms with Gasteiger partial charge in [-0.25, -0.2) is 0 Å². The third-order valence-electron chi connectivity index (χ3n) is 4.27. The molecule has 1 aliphatic heterocycles. The van der Waals surface area contributed by atoms with Gasteiger partial charge in [0, 0.05) is 38.1 Å². The van der Waals surface area contributed by atoms with Crippen molar-refractivity contribution in [3.63, 3.8) is 0 Å². The standard InChI is InChI=1S/C16H29IN4O3/c1-12-4-3-5-13(2)21(12)11-16(24)18-7-6-14(22)19-8-9-20-15(23)10-17/h12-13H,3-11H2,1-2H3,(H,18,24)(H,19,22)(H,20,23). The molecule has 1 heterocycles. The predicted octanol–water partition coefficient (Wildman–Crippen LogP) is 0.423. The topological polar surface area (TPSA) is 90.5 Å². The van der Waals surface area contributed by atoms with Crippen LogP contribution in [0, 0.1) is 0 Å². The van der Waals surface area contributed by atoms with Crippen LogP contribution in [0.25, 0.3) is 0 Å². The first-order chi connectivity index (χ1) is 11.4. The Hall–Kier alpha value is -0.900. The normalized spacial score (nSPS) is 21.1. The van der Waals surface area contributed by atoms with Gasteiger partial charge in [0.1, 0.15) is 0 Å². The van der Waals surface area contributed by atoms with Gasteiger partial charge < -0.3 is 16.0 Å². The Kier molecular flexibility index (Phi) is 10.2. The van der Waals surface area contributed by atoms with Crippen molar-refractivity contribution in [2.24, 2.45) is 0 Å². The van der Waals surface area contributed by atoms with Gasteiger partial charge in [0.25, 0.3) is 0 Å². The molecule has 0 spiro atoms. The zero-order valence-corrected chi connectivity index (χ0v) is 16.7. The van der Waals surface area contributed by atoms with Crippen LogP contribution in [0.3, 0.4) is 0 Å². The molecule has 3 amide bonds. The summed E-state index contributed by atoms with van der Waals surface area (Å²) >= 11 is 1.98. The lowest BCUT2D eigenvalue weighted by Crippen LogP contribution is -2.49. The molecule has 3 N–H and O–H groups in total. The van der Waals surface area contributed by atoms with Crippen LogP contribution in [-0.4, -0.2) is 65.3 Å². The second-order valence-electron chi connectivity index (χ2n) is 6.23. The number of hydrogen-bond acceptors (Lipinski definition) is 4. The van der Waals surface area contributed by atoms with Crippen molar-refractivity contribution in [3.05, 3.63) is 0 Å². The number of nitrogens with one attached hydrogen (secondary N) is 3. The summed E-state index contributed by atoms with van der Waals surface area (Å²) in [6.07, 6.45) is 3.73. The molecule has 1 aliphatic rings. The lowest BCUT2D eigenvalue weighted by atomic mass is 9.97. The maximum atomic E-state index is 12.0. The molecule has 0 aliphatic carbocycles. The Morgan fingerprint density at radius 1 is 0.917 bits per heavy atom. The van der Waals surface area contributed by atoms with Crippen LogP contribution in [0.4, 0.5) is 0 Å². The van der Waals surface area contributed by atoms with E-state index in [4.69, 9.17) is 0 Å². The zero-order chi connectivity index (χ0) is 17.9. The van der Waals surface area contributed by atoms with Crippen LogP contribution >= 0.6 is 22.6 Å². The van der Waals surface area contributed by atoms with E-state index in [9.17, 15) is 14.4 Å². The van der Waals surface area contributed by atoms with Gasteiger partial charge >= 0.3 is 0 Å². The Morgan fingerprint density at radius 3 is 2.04 bits per heavy atom. The van der Waals surface area contributed by atoms with E-state index in [1.165, 1.54) is 6.42 Å². The van der Waals surface area contributed by atoms with Gasteiger partial charge in [-0.2, -0.15) is 0 Å². The third-order valence-corrected chi connectivity index (χ3v) is 4.96. The highest BCUT2D eigenvalue weighted by Gasteiger charge is 2.26. The number of likely N-dealkylation sites (tertiary alicyclic amines) is 1. The van der Waals surface area contributed by atoms with Gasteiger partial charge in [-0.15, -0.1) is 0 Å². The second-order valence-corrected chi connectivity index (χ2v) is 7.00. The number of hydrogen-bond donors (Lipinski definition) is 3. The van der Waals surface area contributed by atoms with Crippen molar-refractivity contribution in [1.29, 1.82) is 0 Å². The third kappa shape index (κ3) is 8.27. The van der Waals surface area contributed by atoms with E-state index in [0.717, 1.165) is 12.8 Å². The first-order valence-corrected chi connectivity index (χ1v) is 10.1. The van der Waals surface area contributed by atoms with E-state index in [-0.39, 0.29) is 24.1 Å². The highest BCUT2D eigenvalue weighted by molar-refractivity contribution is 14.1. The highest BCUT2D eigenvalue weighted by Crippen LogP contribution is 2.21. The van der Waals surface area contributed by atoms with Crippen LogP contribution in [0.1, 0.15) is 39.5 Å². The Labute approximate surface area is 157 Å². The molecular formula is C16H29IN4O3. The molecular weight excluding hydrogens is 423 g/mol. The van der Waals surface area contributed by atoms with Crippen LogP contribution in [0.15, 0.2) is 0 Å². The molecule has 138 valence electrons. The predicted molar refractivity (Wildman–Crippen MR) is 102 cm³/mol. The van der Waals surface area contributed by atoms with Gasteiger partial charge in [0.2, 0.25) is 17.7 Å². The number of nitrogens with zero attached hydrogens (tertiary/aromatic N) is 1. The zero-order valence-electron chi connectivity index (χ0n) is 14.6. The smallest absolute Gasteiger partial charge is 0.234 e. The second kappa shape index (κ2) is 11.6. The summed E-state index contributed by atoms with van der Waals surface area (Å²) in [4.78, 5) is 36.9. The number of rotatable bonds is 9. The summed E-state index contributed by atoms with van der Waals surface area (Å²) in [5.41, 5.74) is 0. The minimum atomic E-state index is -0.126. The Morgan fingerprint density at radius 2 is 1.46 bits per heavy atom. The van der Waals surface area contributed by atoms with Crippen LogP contribution in [0.5, 0.6) is 0 Å². The van der Waals surface area contributed by atoms with E-state index < -0.39 is 0 Å². The molecule has 2 unspecified atom stereocenters. The number of piperidine rings is 1. The highest BCUT2D eigenvalue weighted by atomic mass is 127. The maximum absolute atomic E-state index is 12.0. The van der Waals surface area contributed by atoms with Crippen molar-refractivity contribution in [2.45, 2.75) is 51.6 Å². The van der Waals surface area contributed by atoms with E-state index >= 15 is 0 Å². The number of halogens is 1. The number of amides is 3. The molecule has 0 bridgehead atoms. The maximum Gasteiger partial charge on any atom is 0.234 e. The molecule has 0 saturated carbocycles. The van der Waals surface area contributed by atoms with E-state index in [0.29, 0.717) is 42.7 Å². The fourth-order valence-corrected chi connectivity index (χ4v) is 3.13. The fourth-order valence-electron chi connectivity index (χ4n) is 2.86. The van der Waals surface area contributed by atoms with Crippen LogP contribution < -0.4 is 16.0 Å². The van der Waals surface area contributed by atoms with Gasteiger partial charge in [-0.1, -0.05) is 29.0 Å². The van der Waals surface area contributed by atoms with Crippen molar-refractivity contribution in [1.82, 2.24) is 20.9 Å². The van der Waals surface area contributed by atoms with E-state index in [1.807, 2.05) is 22.6 Å². The lowest BCUT2D eigenvalue weighted by molar-refractivity contribution is -0.124. The average Bonchev–Trinajstić information content (AvgIpc) is 2.55. The number of alkyl halides is 1. The van der Waals surface area contributed by atoms with Crippen molar-refractivity contribution in [3.8, 4) is 0 Å². The molecule has 0 radical (unpaired) electrons. The number of carbonyl (C=O) groups excluding carboxylic acids is 3. The van der Waals surface area contributed by atoms with E-state index in [2.05, 4.69) is 34.7 Å². The molecule has 1 saturated heterocycles. The quantitative estimate of drug-likeness (QED) is 0.269. The summed E-state index contributed by atoms with van der Waals surface area (Å²) in [7, 11) is 0. The fraction of sp³-hybridized carbons (Fsp3) is 0.812. The monoisotopic (exact) mass is 452 g/mol. The summed E-state index contributed by atoms with van der Waals surface area (Å²) in [6.45, 7) is 5.87. The summed E-state index contributed by atoms with van der Waals surface area (Å²) in [5, 5.41) is 8.20. The van der Waals surface area contributed by atoms with Gasteiger partial charge in [-0.05, 0) is 26.7 Å². The Balaban J connectivity index is 2.11. The Bertz CT molecular complexity index is 424. The summed E-state index contributed by atoms with van der Waals surface area (Å²) in [5.74, 6) is -0.199. The summed E-state index contributed by atoms with van der Waals surface area (Å²) < 4.78 is 0.409. The molecule has 0 aromatic carbocycles. The van der Waals surface area contributed by atoms with Crippen molar-refractivity contribution in [2.75, 3.05) is 30.6 Å². The molecule has 7 nitrogen and oxygen atoms in total. The molecule has 1 fully saturated rings.